The van der Waals surface area contributed by atoms with Gasteiger partial charge >= 0.3 is 5.97 Å². The summed E-state index contributed by atoms with van der Waals surface area (Å²) in [7, 11) is 0. The van der Waals surface area contributed by atoms with Crippen LogP contribution in [0.15, 0.2) is 30.3 Å². The van der Waals surface area contributed by atoms with Gasteiger partial charge in [-0.2, -0.15) is 0 Å². The maximum atomic E-state index is 11.8. The van der Waals surface area contributed by atoms with E-state index in [9.17, 15) is 4.79 Å². The third kappa shape index (κ3) is 3.37. The molecule has 0 fully saturated rings. The number of carbonyl (C=O) groups excluding carboxylic acids is 1. The number of rotatable bonds is 3. The van der Waals surface area contributed by atoms with Gasteiger partial charge in [0.05, 0.1) is 5.56 Å². The normalized spacial score (nSPS) is 13.2. The van der Waals surface area contributed by atoms with E-state index >= 15 is 0 Å². The molecule has 0 aliphatic heterocycles. The predicted molar refractivity (Wildman–Crippen MR) is 65.4 cm³/mol. The van der Waals surface area contributed by atoms with Crippen molar-refractivity contribution in [3.8, 4) is 0 Å². The number of benzene rings is 1. The van der Waals surface area contributed by atoms with Crippen molar-refractivity contribution >= 4 is 5.97 Å². The zero-order valence-electron chi connectivity index (χ0n) is 10.5. The highest BCUT2D eigenvalue weighted by atomic mass is 16.5. The van der Waals surface area contributed by atoms with Gasteiger partial charge in [-0.05, 0) is 24.0 Å². The van der Waals surface area contributed by atoms with Crippen LogP contribution < -0.4 is 0 Å². The van der Waals surface area contributed by atoms with Crippen molar-refractivity contribution in [2.24, 2.45) is 5.41 Å². The number of carbonyl (C=O) groups is 1. The van der Waals surface area contributed by atoms with E-state index in [4.69, 9.17) is 4.74 Å². The molecule has 0 amide bonds. The minimum Gasteiger partial charge on any atom is -0.458 e. The van der Waals surface area contributed by atoms with Gasteiger partial charge in [-0.25, -0.2) is 4.79 Å². The first-order valence-corrected chi connectivity index (χ1v) is 5.71. The molecule has 1 aromatic rings. The second-order valence-electron chi connectivity index (χ2n) is 5.03. The standard InChI is InChI=1S/C14H20O2/c1-5-12(14(2,3)4)16-13(15)11-9-7-6-8-10-11/h6-10,12H,5H2,1-4H3/t12-/m1/s1. The van der Waals surface area contributed by atoms with Crippen LogP contribution in [0.25, 0.3) is 0 Å². The van der Waals surface area contributed by atoms with Crippen molar-refractivity contribution in [2.75, 3.05) is 0 Å². The summed E-state index contributed by atoms with van der Waals surface area (Å²) in [4.78, 5) is 11.8. The number of ether oxygens (including phenoxy) is 1. The fourth-order valence-corrected chi connectivity index (χ4v) is 1.64. The Balaban J connectivity index is 2.71. The van der Waals surface area contributed by atoms with Gasteiger partial charge in [0.2, 0.25) is 0 Å². The first kappa shape index (κ1) is 12.8. The Labute approximate surface area is 97.6 Å². The maximum absolute atomic E-state index is 11.8. The highest BCUT2D eigenvalue weighted by Crippen LogP contribution is 2.25. The summed E-state index contributed by atoms with van der Waals surface area (Å²) in [5.74, 6) is -0.234. The molecule has 0 aromatic heterocycles. The second kappa shape index (κ2) is 5.15. The smallest absolute Gasteiger partial charge is 0.338 e. The Morgan fingerprint density at radius 2 is 1.81 bits per heavy atom. The topological polar surface area (TPSA) is 26.3 Å². The van der Waals surface area contributed by atoms with E-state index in [0.29, 0.717) is 5.56 Å². The molecule has 0 aliphatic carbocycles. The van der Waals surface area contributed by atoms with Crippen molar-refractivity contribution in [2.45, 2.75) is 40.2 Å². The SMILES string of the molecule is CC[C@@H](OC(=O)c1ccccc1)C(C)(C)C. The Hall–Kier alpha value is -1.31. The molecule has 1 atom stereocenters. The Bertz CT molecular complexity index is 336. The summed E-state index contributed by atoms with van der Waals surface area (Å²) in [6.07, 6.45) is 0.794. The van der Waals surface area contributed by atoms with Crippen molar-refractivity contribution in [1.29, 1.82) is 0 Å². The van der Waals surface area contributed by atoms with Gasteiger partial charge in [-0.1, -0.05) is 45.9 Å². The van der Waals surface area contributed by atoms with Crippen LogP contribution in [-0.2, 0) is 4.74 Å². The van der Waals surface area contributed by atoms with E-state index in [1.165, 1.54) is 0 Å². The van der Waals surface area contributed by atoms with Gasteiger partial charge in [-0.3, -0.25) is 0 Å². The molecule has 1 aromatic carbocycles. The first-order chi connectivity index (χ1) is 7.45. The van der Waals surface area contributed by atoms with Crippen LogP contribution in [0.5, 0.6) is 0 Å². The van der Waals surface area contributed by atoms with Gasteiger partial charge in [0.15, 0.2) is 0 Å². The van der Waals surface area contributed by atoms with Crippen molar-refractivity contribution < 1.29 is 9.53 Å². The summed E-state index contributed by atoms with van der Waals surface area (Å²) in [5.41, 5.74) is 0.601. The minimum atomic E-state index is -0.234. The minimum absolute atomic E-state index is 0.0147. The fourth-order valence-electron chi connectivity index (χ4n) is 1.64. The lowest BCUT2D eigenvalue weighted by Gasteiger charge is -2.29. The fraction of sp³-hybridized carbons (Fsp3) is 0.500. The number of hydrogen-bond acceptors (Lipinski definition) is 2. The average molecular weight is 220 g/mol. The van der Waals surface area contributed by atoms with Crippen LogP contribution in [0, 0.1) is 5.41 Å². The Kier molecular flexibility index (Phi) is 4.11. The molecule has 0 N–H and O–H groups in total. The summed E-state index contributed by atoms with van der Waals surface area (Å²) in [5, 5.41) is 0. The molecule has 0 bridgehead atoms. The van der Waals surface area contributed by atoms with E-state index < -0.39 is 0 Å². The number of esters is 1. The molecule has 0 aliphatic rings. The zero-order valence-corrected chi connectivity index (χ0v) is 10.5. The number of hydrogen-bond donors (Lipinski definition) is 0. The average Bonchev–Trinajstić information content (AvgIpc) is 2.25. The molecule has 0 heterocycles. The lowest BCUT2D eigenvalue weighted by molar-refractivity contribution is -0.00404. The second-order valence-corrected chi connectivity index (χ2v) is 5.03. The molecule has 2 heteroatoms. The van der Waals surface area contributed by atoms with Gasteiger partial charge in [-0.15, -0.1) is 0 Å². The van der Waals surface area contributed by atoms with Gasteiger partial charge in [0.1, 0.15) is 6.10 Å². The Morgan fingerprint density at radius 1 is 1.25 bits per heavy atom. The first-order valence-electron chi connectivity index (χ1n) is 5.71. The summed E-state index contributed by atoms with van der Waals surface area (Å²) in [6.45, 7) is 8.28. The molecular formula is C14H20O2. The molecule has 0 spiro atoms. The molecule has 88 valence electrons. The summed E-state index contributed by atoms with van der Waals surface area (Å²) >= 11 is 0. The molecule has 1 rings (SSSR count). The highest BCUT2D eigenvalue weighted by Gasteiger charge is 2.26. The quantitative estimate of drug-likeness (QED) is 0.726. The van der Waals surface area contributed by atoms with Crippen LogP contribution in [0.3, 0.4) is 0 Å². The van der Waals surface area contributed by atoms with E-state index in [0.717, 1.165) is 6.42 Å². The predicted octanol–water partition coefficient (Wildman–Crippen LogP) is 3.67. The molecule has 2 nitrogen and oxygen atoms in total. The third-order valence-corrected chi connectivity index (χ3v) is 2.60. The summed E-state index contributed by atoms with van der Waals surface area (Å²) in [6, 6.07) is 9.12. The highest BCUT2D eigenvalue weighted by molar-refractivity contribution is 5.89. The van der Waals surface area contributed by atoms with Crippen LogP contribution >= 0.6 is 0 Å². The molecule has 0 unspecified atom stereocenters. The van der Waals surface area contributed by atoms with E-state index in [1.807, 2.05) is 25.1 Å². The third-order valence-electron chi connectivity index (χ3n) is 2.60. The van der Waals surface area contributed by atoms with Gasteiger partial charge < -0.3 is 4.74 Å². The molecular weight excluding hydrogens is 200 g/mol. The molecule has 0 saturated heterocycles. The lowest BCUT2D eigenvalue weighted by Crippen LogP contribution is -2.31. The van der Waals surface area contributed by atoms with Gasteiger partial charge in [0.25, 0.3) is 0 Å². The zero-order chi connectivity index (χ0) is 12.2. The monoisotopic (exact) mass is 220 g/mol. The van der Waals surface area contributed by atoms with Crippen LogP contribution in [-0.4, -0.2) is 12.1 Å². The lowest BCUT2D eigenvalue weighted by atomic mass is 9.87. The van der Waals surface area contributed by atoms with Crippen LogP contribution in [0.1, 0.15) is 44.5 Å². The van der Waals surface area contributed by atoms with Gasteiger partial charge in [0, 0.05) is 0 Å². The van der Waals surface area contributed by atoms with Crippen molar-refractivity contribution in [3.63, 3.8) is 0 Å². The van der Waals surface area contributed by atoms with E-state index in [1.54, 1.807) is 12.1 Å². The van der Waals surface area contributed by atoms with E-state index in [-0.39, 0.29) is 17.5 Å². The van der Waals surface area contributed by atoms with Crippen LogP contribution in [0.2, 0.25) is 0 Å². The molecule has 16 heavy (non-hydrogen) atoms. The Morgan fingerprint density at radius 3 is 2.25 bits per heavy atom. The van der Waals surface area contributed by atoms with E-state index in [2.05, 4.69) is 20.8 Å². The van der Waals surface area contributed by atoms with Crippen molar-refractivity contribution in [3.05, 3.63) is 35.9 Å². The summed E-state index contributed by atoms with van der Waals surface area (Å²) < 4.78 is 5.51. The maximum Gasteiger partial charge on any atom is 0.338 e. The molecule has 0 saturated carbocycles. The van der Waals surface area contributed by atoms with Crippen LogP contribution in [0.4, 0.5) is 0 Å². The van der Waals surface area contributed by atoms with Crippen molar-refractivity contribution in [1.82, 2.24) is 0 Å². The largest absolute Gasteiger partial charge is 0.458 e. The molecule has 0 radical (unpaired) electrons.